The number of ether oxygens (including phenoxy) is 1. The van der Waals surface area contributed by atoms with Crippen LogP contribution >= 0.6 is 7.60 Å². The summed E-state index contributed by atoms with van der Waals surface area (Å²) in [5.74, 6) is -0.952. The molecule has 2 aromatic heterocycles. The van der Waals surface area contributed by atoms with Gasteiger partial charge in [0.2, 0.25) is 5.91 Å². The van der Waals surface area contributed by atoms with Gasteiger partial charge in [-0.2, -0.15) is 28.4 Å². The lowest BCUT2D eigenvalue weighted by molar-refractivity contribution is -0.139. The van der Waals surface area contributed by atoms with Crippen LogP contribution in [-0.2, 0) is 37.4 Å². The van der Waals surface area contributed by atoms with Gasteiger partial charge in [0.15, 0.2) is 0 Å². The van der Waals surface area contributed by atoms with Gasteiger partial charge in [-0.25, -0.2) is 9.37 Å². The maximum atomic E-state index is 14.6. The Morgan fingerprint density at radius 2 is 1.87 bits per heavy atom. The summed E-state index contributed by atoms with van der Waals surface area (Å²) >= 11 is 0. The van der Waals surface area contributed by atoms with Crippen molar-refractivity contribution in [2.75, 3.05) is 69.3 Å². The standard InChI is InChI=1S/C36H49F4N8O5P/c1-5-52-54(50,53-6-2)20-30(49)48-13-12-46(19-25(48)8-10-41)33-27-14-22(3)26(32-31(36(38,39)40)23(4)15-29(42)44-32)16-28(27)43-34(45-33)51-21-35-9-7-11-47(35)18-24(37)17-35/h15,22,24-26H,5-9,11-14,16-21H2,1-4H3,(H2,42,44)/t22?,24-,25+,26?,35+/m1/s1. The summed E-state index contributed by atoms with van der Waals surface area (Å²) in [5.41, 5.74) is 5.82. The highest BCUT2D eigenvalue weighted by molar-refractivity contribution is 7.54. The molecule has 3 fully saturated rings. The number of anilines is 2. The summed E-state index contributed by atoms with van der Waals surface area (Å²) in [6, 6.07) is 2.81. The first kappa shape index (κ1) is 40.1. The third-order valence-corrected chi connectivity index (χ3v) is 13.2. The number of aryl methyl sites for hydroxylation is 1. The Bertz CT molecular complexity index is 1800. The van der Waals surface area contributed by atoms with Crippen LogP contribution < -0.4 is 15.4 Å². The van der Waals surface area contributed by atoms with Gasteiger partial charge < -0.3 is 29.3 Å². The number of nitriles is 1. The second-order valence-corrected chi connectivity index (χ2v) is 16.9. The van der Waals surface area contributed by atoms with Crippen LogP contribution in [0.15, 0.2) is 6.07 Å². The van der Waals surface area contributed by atoms with Crippen LogP contribution in [0.2, 0.25) is 0 Å². The van der Waals surface area contributed by atoms with E-state index < -0.39 is 55.1 Å². The van der Waals surface area contributed by atoms with E-state index >= 15 is 0 Å². The molecule has 0 saturated carbocycles. The summed E-state index contributed by atoms with van der Waals surface area (Å²) in [6.45, 7) is 8.68. The zero-order chi connectivity index (χ0) is 39.0. The van der Waals surface area contributed by atoms with Crippen molar-refractivity contribution in [3.63, 3.8) is 0 Å². The summed E-state index contributed by atoms with van der Waals surface area (Å²) in [7, 11) is -3.71. The Labute approximate surface area is 313 Å². The number of carbonyl (C=O) groups is 1. The molecule has 13 nitrogen and oxygen atoms in total. The molecule has 1 aliphatic carbocycles. The molecular formula is C36H49F4N8O5P. The third-order valence-electron chi connectivity index (χ3n) is 11.2. The Morgan fingerprint density at radius 1 is 1.13 bits per heavy atom. The van der Waals surface area contributed by atoms with E-state index in [0.29, 0.717) is 30.9 Å². The molecule has 296 valence electrons. The van der Waals surface area contributed by atoms with Crippen molar-refractivity contribution in [1.82, 2.24) is 24.8 Å². The maximum absolute atomic E-state index is 14.6. The molecule has 4 aliphatic rings. The summed E-state index contributed by atoms with van der Waals surface area (Å²) in [6.07, 6.45) is -3.69. The Hall–Kier alpha value is -3.58. The van der Waals surface area contributed by atoms with Gasteiger partial charge in [-0.3, -0.25) is 14.3 Å². The van der Waals surface area contributed by atoms with Gasteiger partial charge in [0.25, 0.3) is 0 Å². The van der Waals surface area contributed by atoms with E-state index in [1.807, 2.05) is 11.8 Å². The molecule has 2 unspecified atom stereocenters. The van der Waals surface area contributed by atoms with Crippen LogP contribution in [0.4, 0.5) is 29.2 Å². The summed E-state index contributed by atoms with van der Waals surface area (Å²) in [4.78, 5) is 33.1. The molecule has 2 N–H and O–H groups in total. The van der Waals surface area contributed by atoms with E-state index in [9.17, 15) is 32.2 Å². The number of carbonyl (C=O) groups excluding carboxylic acids is 1. The van der Waals surface area contributed by atoms with Crippen molar-refractivity contribution in [2.24, 2.45) is 5.92 Å². The lowest BCUT2D eigenvalue weighted by Gasteiger charge is -2.43. The minimum Gasteiger partial charge on any atom is -0.461 e. The SMILES string of the molecule is CCOP(=O)(CC(=O)N1CCN(c2nc(OC[C@@]34CCCN3C[C@H](F)C4)nc3c2CC(C)C(c2nc(N)cc(C)c2C(F)(F)F)C3)C[C@@H]1CC#N)OCC. The zero-order valence-electron chi connectivity index (χ0n) is 31.2. The number of rotatable bonds is 12. The Kier molecular flexibility index (Phi) is 11.8. The summed E-state index contributed by atoms with van der Waals surface area (Å²) < 4.78 is 88.3. The predicted octanol–water partition coefficient (Wildman–Crippen LogP) is 5.45. The molecule has 6 rings (SSSR count). The van der Waals surface area contributed by atoms with Gasteiger partial charge in [0, 0.05) is 44.1 Å². The maximum Gasteiger partial charge on any atom is 0.418 e. The van der Waals surface area contributed by atoms with E-state index in [1.54, 1.807) is 13.8 Å². The fraction of sp³-hybridized carbons (Fsp3) is 0.694. The molecule has 5 heterocycles. The van der Waals surface area contributed by atoms with Crippen molar-refractivity contribution in [3.8, 4) is 12.1 Å². The number of fused-ring (bicyclic) bond motifs is 2. The second-order valence-electron chi connectivity index (χ2n) is 14.9. The Morgan fingerprint density at radius 3 is 2.56 bits per heavy atom. The largest absolute Gasteiger partial charge is 0.461 e. The number of pyridine rings is 1. The molecule has 1 amide bonds. The van der Waals surface area contributed by atoms with Crippen molar-refractivity contribution in [3.05, 3.63) is 34.1 Å². The highest BCUT2D eigenvalue weighted by atomic mass is 31.2. The first-order valence-electron chi connectivity index (χ1n) is 18.7. The molecule has 3 saturated heterocycles. The third kappa shape index (κ3) is 8.17. The molecule has 3 aliphatic heterocycles. The minimum absolute atomic E-state index is 0.00109. The number of nitrogen functional groups attached to an aromatic ring is 1. The minimum atomic E-state index is -4.65. The fourth-order valence-electron chi connectivity index (χ4n) is 8.88. The van der Waals surface area contributed by atoms with Gasteiger partial charge in [-0.15, -0.1) is 0 Å². The normalized spacial score (nSPS) is 26.1. The van der Waals surface area contributed by atoms with Crippen molar-refractivity contribution in [1.29, 1.82) is 5.26 Å². The van der Waals surface area contributed by atoms with Gasteiger partial charge in [-0.1, -0.05) is 6.92 Å². The quantitative estimate of drug-likeness (QED) is 0.215. The monoisotopic (exact) mass is 780 g/mol. The number of hydrogen-bond acceptors (Lipinski definition) is 12. The highest BCUT2D eigenvalue weighted by Crippen LogP contribution is 2.49. The van der Waals surface area contributed by atoms with E-state index in [2.05, 4.69) is 16.0 Å². The van der Waals surface area contributed by atoms with Crippen LogP contribution in [0.1, 0.15) is 80.5 Å². The van der Waals surface area contributed by atoms with E-state index in [4.69, 9.17) is 29.5 Å². The second kappa shape index (κ2) is 15.9. The van der Waals surface area contributed by atoms with Crippen molar-refractivity contribution < 1.29 is 40.7 Å². The van der Waals surface area contributed by atoms with Crippen molar-refractivity contribution in [2.45, 2.75) is 96.1 Å². The average Bonchev–Trinajstić information content (AvgIpc) is 3.61. The molecule has 0 radical (unpaired) electrons. The average molecular weight is 781 g/mol. The number of amides is 1. The van der Waals surface area contributed by atoms with Crippen LogP contribution in [0.5, 0.6) is 6.01 Å². The number of nitrogens with zero attached hydrogens (tertiary/aromatic N) is 7. The molecule has 5 atom stereocenters. The molecular weight excluding hydrogens is 731 g/mol. The van der Waals surface area contributed by atoms with Crippen LogP contribution in [0.25, 0.3) is 0 Å². The summed E-state index contributed by atoms with van der Waals surface area (Å²) in [5, 5.41) is 9.79. The molecule has 0 bridgehead atoms. The van der Waals surface area contributed by atoms with Gasteiger partial charge in [-0.05, 0) is 70.5 Å². The lowest BCUT2D eigenvalue weighted by atomic mass is 9.75. The molecule has 0 aromatic carbocycles. The number of alkyl halides is 4. The number of halogens is 4. The topological polar surface area (TPSA) is 160 Å². The van der Waals surface area contributed by atoms with Gasteiger partial charge in [0.05, 0.1) is 54.2 Å². The van der Waals surface area contributed by atoms with Crippen molar-refractivity contribution >= 4 is 25.1 Å². The van der Waals surface area contributed by atoms with Crippen LogP contribution in [-0.4, -0.2) is 107 Å². The highest BCUT2D eigenvalue weighted by Gasteiger charge is 2.50. The first-order valence-corrected chi connectivity index (χ1v) is 20.4. The first-order chi connectivity index (χ1) is 25.6. The molecule has 54 heavy (non-hydrogen) atoms. The van der Waals surface area contributed by atoms with Gasteiger partial charge >= 0.3 is 19.8 Å². The number of hydrogen-bond donors (Lipinski definition) is 1. The zero-order valence-corrected chi connectivity index (χ0v) is 32.1. The number of nitrogens with two attached hydrogens (primary N) is 1. The van der Waals surface area contributed by atoms with E-state index in [1.165, 1.54) is 17.9 Å². The number of piperazine rings is 1. The molecule has 2 aromatic rings. The fourth-order valence-corrected chi connectivity index (χ4v) is 10.4. The predicted molar refractivity (Wildman–Crippen MR) is 192 cm³/mol. The van der Waals surface area contributed by atoms with Crippen LogP contribution in [0, 0.1) is 24.2 Å². The lowest BCUT2D eigenvalue weighted by Crippen LogP contribution is -2.56. The van der Waals surface area contributed by atoms with E-state index in [-0.39, 0.29) is 81.3 Å². The number of aromatic nitrogens is 3. The van der Waals surface area contributed by atoms with Crippen LogP contribution in [0.3, 0.4) is 0 Å². The molecule has 18 heteroatoms. The van der Waals surface area contributed by atoms with Gasteiger partial charge in [0.1, 0.15) is 30.6 Å². The Balaban J connectivity index is 1.35. The molecule has 0 spiro atoms. The smallest absolute Gasteiger partial charge is 0.418 e. The van der Waals surface area contributed by atoms with E-state index in [0.717, 1.165) is 24.9 Å².